The molecule has 18 heavy (non-hydrogen) atoms. The third-order valence-electron chi connectivity index (χ3n) is 2.61. The zero-order chi connectivity index (χ0) is 13.5. The van der Waals surface area contributed by atoms with Crippen molar-refractivity contribution in [3.05, 3.63) is 29.6 Å². The molecule has 0 heterocycles. The minimum absolute atomic E-state index is 0.00449. The molecule has 0 aliphatic heterocycles. The first-order valence-corrected chi connectivity index (χ1v) is 7.06. The molecule has 0 saturated carbocycles. The van der Waals surface area contributed by atoms with E-state index in [4.69, 9.17) is 5.11 Å². The summed E-state index contributed by atoms with van der Waals surface area (Å²) >= 11 is 3.29. The Kier molecular flexibility index (Phi) is 6.12. The van der Waals surface area contributed by atoms with Crippen molar-refractivity contribution < 1.29 is 14.3 Å². The quantitative estimate of drug-likeness (QED) is 0.819. The fraction of sp³-hybridized carbons (Fsp3) is 0.462. The summed E-state index contributed by atoms with van der Waals surface area (Å²) in [5, 5.41) is 9.79. The van der Waals surface area contributed by atoms with Gasteiger partial charge in [-0.1, -0.05) is 29.3 Å². The molecule has 5 heteroatoms. The third kappa shape index (κ3) is 3.98. The molecule has 0 aliphatic carbocycles. The molecule has 0 radical (unpaired) electrons. The monoisotopic (exact) mass is 317 g/mol. The van der Waals surface area contributed by atoms with Gasteiger partial charge in [-0.2, -0.15) is 0 Å². The summed E-state index contributed by atoms with van der Waals surface area (Å²) in [6, 6.07) is 3.60. The average Bonchev–Trinajstić information content (AvgIpc) is 2.33. The van der Waals surface area contributed by atoms with Crippen LogP contribution in [0.15, 0.2) is 18.2 Å². The van der Waals surface area contributed by atoms with Crippen LogP contribution in [0.4, 0.5) is 4.39 Å². The highest BCUT2D eigenvalue weighted by Gasteiger charge is 2.18. The van der Waals surface area contributed by atoms with Crippen molar-refractivity contribution in [2.24, 2.45) is 0 Å². The molecule has 0 bridgehead atoms. The molecule has 1 amide bonds. The second-order valence-corrected chi connectivity index (χ2v) is 4.79. The van der Waals surface area contributed by atoms with E-state index in [1.54, 1.807) is 4.90 Å². The van der Waals surface area contributed by atoms with Gasteiger partial charge in [0.2, 0.25) is 0 Å². The van der Waals surface area contributed by atoms with E-state index in [0.717, 1.165) is 18.9 Å². The predicted molar refractivity (Wildman–Crippen MR) is 72.7 cm³/mol. The smallest absolute Gasteiger partial charge is 0.256 e. The van der Waals surface area contributed by atoms with Gasteiger partial charge in [0.25, 0.3) is 5.91 Å². The fourth-order valence-electron chi connectivity index (χ4n) is 1.61. The van der Waals surface area contributed by atoms with Crippen molar-refractivity contribution in [3.63, 3.8) is 0 Å². The van der Waals surface area contributed by atoms with Crippen LogP contribution >= 0.6 is 15.9 Å². The first-order valence-electron chi connectivity index (χ1n) is 5.94. The maximum atomic E-state index is 13.6. The number of benzene rings is 1. The van der Waals surface area contributed by atoms with Gasteiger partial charge in [-0.3, -0.25) is 4.79 Å². The Labute approximate surface area is 115 Å². The lowest BCUT2D eigenvalue weighted by molar-refractivity contribution is 0.0759. The highest BCUT2D eigenvalue weighted by Crippen LogP contribution is 2.17. The van der Waals surface area contributed by atoms with Gasteiger partial charge in [-0.05, 0) is 18.6 Å². The lowest BCUT2D eigenvalue weighted by Crippen LogP contribution is -2.34. The molecule has 1 aromatic rings. The van der Waals surface area contributed by atoms with Gasteiger partial charge in [-0.15, -0.1) is 0 Å². The normalized spacial score (nSPS) is 10.4. The van der Waals surface area contributed by atoms with Gasteiger partial charge in [0.15, 0.2) is 0 Å². The Hall–Kier alpha value is -1.10. The number of hydrogen-bond acceptors (Lipinski definition) is 2. The van der Waals surface area contributed by atoms with Crippen LogP contribution in [0.5, 0.6) is 5.75 Å². The summed E-state index contributed by atoms with van der Waals surface area (Å²) in [5.41, 5.74) is 0.00449. The van der Waals surface area contributed by atoms with E-state index in [1.165, 1.54) is 12.1 Å². The van der Waals surface area contributed by atoms with E-state index in [0.29, 0.717) is 18.4 Å². The van der Waals surface area contributed by atoms with Gasteiger partial charge in [0.1, 0.15) is 11.6 Å². The van der Waals surface area contributed by atoms with E-state index >= 15 is 0 Å². The maximum absolute atomic E-state index is 13.6. The number of amides is 1. The first-order chi connectivity index (χ1) is 8.60. The van der Waals surface area contributed by atoms with E-state index in [1.807, 2.05) is 6.92 Å². The van der Waals surface area contributed by atoms with Crippen LogP contribution in [0.3, 0.4) is 0 Å². The number of halogens is 2. The molecule has 0 aromatic heterocycles. The predicted octanol–water partition coefficient (Wildman–Crippen LogP) is 3.17. The molecule has 0 unspecified atom stereocenters. The number of alkyl halides is 1. The Balaban J connectivity index is 2.87. The van der Waals surface area contributed by atoms with Gasteiger partial charge in [-0.25, -0.2) is 4.39 Å². The van der Waals surface area contributed by atoms with Crippen LogP contribution in [-0.2, 0) is 0 Å². The summed E-state index contributed by atoms with van der Waals surface area (Å²) in [7, 11) is 0. The first kappa shape index (κ1) is 15.0. The number of hydrogen-bond donors (Lipinski definition) is 1. The number of unbranched alkanes of at least 4 members (excludes halogenated alkanes) is 1. The number of rotatable bonds is 6. The molecule has 1 N–H and O–H groups in total. The molecule has 1 aromatic carbocycles. The molecular weight excluding hydrogens is 301 g/mol. The lowest BCUT2D eigenvalue weighted by atomic mass is 10.1. The minimum Gasteiger partial charge on any atom is -0.508 e. The number of nitrogens with zero attached hydrogens (tertiary/aromatic N) is 1. The summed E-state index contributed by atoms with van der Waals surface area (Å²) in [6.45, 7) is 3.19. The SMILES string of the molecule is CCCCN(CCBr)C(=O)c1ccc(O)cc1F. The van der Waals surface area contributed by atoms with E-state index in [2.05, 4.69) is 15.9 Å². The van der Waals surface area contributed by atoms with Crippen molar-refractivity contribution in [2.75, 3.05) is 18.4 Å². The standard InChI is InChI=1S/C13H17BrFNO2/c1-2-3-7-16(8-6-14)13(18)11-5-4-10(17)9-12(11)15/h4-5,9,17H,2-3,6-8H2,1H3. The topological polar surface area (TPSA) is 40.5 Å². The van der Waals surface area contributed by atoms with Gasteiger partial charge in [0.05, 0.1) is 5.56 Å². The van der Waals surface area contributed by atoms with Crippen LogP contribution in [0, 0.1) is 5.82 Å². The van der Waals surface area contributed by atoms with E-state index < -0.39 is 5.82 Å². The number of aromatic hydroxyl groups is 1. The highest BCUT2D eigenvalue weighted by molar-refractivity contribution is 9.09. The molecule has 1 rings (SSSR count). The number of carbonyl (C=O) groups excluding carboxylic acids is 1. The van der Waals surface area contributed by atoms with Gasteiger partial charge < -0.3 is 10.0 Å². The fourth-order valence-corrected chi connectivity index (χ4v) is 2.04. The molecule has 0 atom stereocenters. The zero-order valence-corrected chi connectivity index (χ0v) is 11.9. The summed E-state index contributed by atoms with van der Waals surface area (Å²) in [6.07, 6.45) is 1.86. The van der Waals surface area contributed by atoms with Crippen molar-refractivity contribution >= 4 is 21.8 Å². The van der Waals surface area contributed by atoms with Crippen LogP contribution in [-0.4, -0.2) is 34.3 Å². The van der Waals surface area contributed by atoms with E-state index in [-0.39, 0.29) is 17.2 Å². The summed E-state index contributed by atoms with van der Waals surface area (Å²) < 4.78 is 13.6. The summed E-state index contributed by atoms with van der Waals surface area (Å²) in [4.78, 5) is 13.8. The Morgan fingerprint density at radius 3 is 2.72 bits per heavy atom. The highest BCUT2D eigenvalue weighted by atomic mass is 79.9. The molecule has 0 aliphatic rings. The number of phenols is 1. The second kappa shape index (κ2) is 7.36. The summed E-state index contributed by atoms with van der Waals surface area (Å²) in [5.74, 6) is -1.19. The Bertz CT molecular complexity index is 412. The Morgan fingerprint density at radius 1 is 1.44 bits per heavy atom. The van der Waals surface area contributed by atoms with Crippen LogP contribution < -0.4 is 0 Å². The zero-order valence-electron chi connectivity index (χ0n) is 10.3. The molecular formula is C13H17BrFNO2. The van der Waals surface area contributed by atoms with Crippen LogP contribution in [0.25, 0.3) is 0 Å². The van der Waals surface area contributed by atoms with Crippen LogP contribution in [0.2, 0.25) is 0 Å². The maximum Gasteiger partial charge on any atom is 0.256 e. The van der Waals surface area contributed by atoms with Gasteiger partial charge >= 0.3 is 0 Å². The van der Waals surface area contributed by atoms with Crippen molar-refractivity contribution in [1.82, 2.24) is 4.90 Å². The van der Waals surface area contributed by atoms with Crippen LogP contribution in [0.1, 0.15) is 30.1 Å². The second-order valence-electron chi connectivity index (χ2n) is 4.00. The van der Waals surface area contributed by atoms with Gasteiger partial charge in [0, 0.05) is 24.5 Å². The number of phenolic OH excluding ortho intramolecular Hbond substituents is 1. The Morgan fingerprint density at radius 2 is 2.17 bits per heavy atom. The van der Waals surface area contributed by atoms with Crippen molar-refractivity contribution in [2.45, 2.75) is 19.8 Å². The van der Waals surface area contributed by atoms with Crippen molar-refractivity contribution in [3.8, 4) is 5.75 Å². The molecule has 0 fully saturated rings. The number of carbonyl (C=O) groups is 1. The molecule has 3 nitrogen and oxygen atoms in total. The average molecular weight is 318 g/mol. The largest absolute Gasteiger partial charge is 0.508 e. The minimum atomic E-state index is -0.684. The molecule has 0 spiro atoms. The molecule has 0 saturated heterocycles. The van der Waals surface area contributed by atoms with E-state index in [9.17, 15) is 9.18 Å². The molecule has 100 valence electrons. The lowest BCUT2D eigenvalue weighted by Gasteiger charge is -2.21. The van der Waals surface area contributed by atoms with Crippen molar-refractivity contribution in [1.29, 1.82) is 0 Å². The third-order valence-corrected chi connectivity index (χ3v) is 2.96.